The second-order valence-corrected chi connectivity index (χ2v) is 9.43. The zero-order valence-electron chi connectivity index (χ0n) is 18.1. The number of benzene rings is 1. The van der Waals surface area contributed by atoms with Crippen molar-refractivity contribution in [1.82, 2.24) is 0 Å². The zero-order valence-corrected chi connectivity index (χ0v) is 18.1. The summed E-state index contributed by atoms with van der Waals surface area (Å²) in [6.07, 6.45) is 16.0. The molecule has 0 amide bonds. The molecule has 0 aliphatic heterocycles. The van der Waals surface area contributed by atoms with Gasteiger partial charge in [-0.05, 0) is 92.7 Å². The smallest absolute Gasteiger partial charge is 0.119 e. The monoisotopic (exact) mass is 370 g/mol. The fourth-order valence-corrected chi connectivity index (χ4v) is 6.06. The minimum atomic E-state index is 0.753. The van der Waals surface area contributed by atoms with Gasteiger partial charge in [0.2, 0.25) is 0 Å². The number of unbranched alkanes of at least 4 members (excludes halogenated alkanes) is 2. The average molecular weight is 371 g/mol. The van der Waals surface area contributed by atoms with E-state index in [2.05, 4.69) is 45.0 Å². The van der Waals surface area contributed by atoms with Crippen LogP contribution in [0.1, 0.15) is 103 Å². The molecule has 0 N–H and O–H groups in total. The lowest BCUT2D eigenvalue weighted by molar-refractivity contribution is 0.101. The normalized spacial score (nSPS) is 31.6. The van der Waals surface area contributed by atoms with Crippen LogP contribution in [0.2, 0.25) is 0 Å². The first-order chi connectivity index (χ1) is 13.2. The Morgan fingerprint density at radius 3 is 2.26 bits per heavy atom. The van der Waals surface area contributed by atoms with Crippen LogP contribution in [0.25, 0.3) is 0 Å². The van der Waals surface area contributed by atoms with Gasteiger partial charge in [0.15, 0.2) is 0 Å². The number of hydrogen-bond donors (Lipinski definition) is 0. The number of ether oxygens (including phenoxy) is 1. The van der Waals surface area contributed by atoms with Gasteiger partial charge in [0, 0.05) is 0 Å². The van der Waals surface area contributed by atoms with E-state index < -0.39 is 0 Å². The summed E-state index contributed by atoms with van der Waals surface area (Å²) in [5.74, 6) is 5.78. The molecule has 3 unspecified atom stereocenters. The molecular weight excluding hydrogens is 328 g/mol. The second kappa shape index (κ2) is 10.5. The predicted octanol–water partition coefficient (Wildman–Crippen LogP) is 7.99. The van der Waals surface area contributed by atoms with Crippen molar-refractivity contribution >= 4 is 0 Å². The summed E-state index contributed by atoms with van der Waals surface area (Å²) in [5, 5.41) is 0. The van der Waals surface area contributed by atoms with E-state index in [1.807, 2.05) is 0 Å². The van der Waals surface area contributed by atoms with E-state index in [9.17, 15) is 0 Å². The van der Waals surface area contributed by atoms with Gasteiger partial charge in [0.1, 0.15) is 5.75 Å². The lowest BCUT2D eigenvalue weighted by Gasteiger charge is -2.42. The third-order valence-corrected chi connectivity index (χ3v) is 7.60. The highest BCUT2D eigenvalue weighted by molar-refractivity contribution is 5.29. The molecule has 1 nitrogen and oxygen atoms in total. The number of hydrogen-bond acceptors (Lipinski definition) is 1. The fraction of sp³-hybridized carbons (Fsp3) is 0.769. The number of rotatable bonds is 8. The Morgan fingerprint density at radius 2 is 1.63 bits per heavy atom. The van der Waals surface area contributed by atoms with Gasteiger partial charge < -0.3 is 4.74 Å². The Balaban J connectivity index is 1.45. The third kappa shape index (κ3) is 5.75. The average Bonchev–Trinajstić information content (AvgIpc) is 2.69. The molecule has 2 aliphatic carbocycles. The first-order valence-electron chi connectivity index (χ1n) is 11.9. The molecule has 1 aromatic carbocycles. The quantitative estimate of drug-likeness (QED) is 0.421. The van der Waals surface area contributed by atoms with E-state index in [4.69, 9.17) is 4.74 Å². The van der Waals surface area contributed by atoms with Crippen LogP contribution < -0.4 is 4.74 Å². The Labute approximate surface area is 168 Å². The Morgan fingerprint density at radius 1 is 0.889 bits per heavy atom. The van der Waals surface area contributed by atoms with Crippen molar-refractivity contribution in [3.05, 3.63) is 29.8 Å². The lowest BCUT2D eigenvalue weighted by Crippen LogP contribution is -2.31. The largest absolute Gasteiger partial charge is 0.494 e. The summed E-state index contributed by atoms with van der Waals surface area (Å²) in [6.45, 7) is 7.69. The van der Waals surface area contributed by atoms with Crippen molar-refractivity contribution in [2.45, 2.75) is 97.3 Å². The van der Waals surface area contributed by atoms with E-state index >= 15 is 0 Å². The summed E-state index contributed by atoms with van der Waals surface area (Å²) in [7, 11) is 0. The summed E-state index contributed by atoms with van der Waals surface area (Å²) >= 11 is 0. The molecule has 1 heteroatoms. The van der Waals surface area contributed by atoms with Gasteiger partial charge in [0.25, 0.3) is 0 Å². The molecule has 0 spiro atoms. The van der Waals surface area contributed by atoms with Crippen LogP contribution in [-0.2, 0) is 0 Å². The summed E-state index contributed by atoms with van der Waals surface area (Å²) in [4.78, 5) is 0. The predicted molar refractivity (Wildman–Crippen MR) is 116 cm³/mol. The molecular formula is C26H42O. The Hall–Kier alpha value is -0.980. The van der Waals surface area contributed by atoms with E-state index in [-0.39, 0.29) is 0 Å². The molecule has 2 aliphatic rings. The van der Waals surface area contributed by atoms with Crippen LogP contribution in [0, 0.1) is 23.7 Å². The van der Waals surface area contributed by atoms with Gasteiger partial charge >= 0.3 is 0 Å². The van der Waals surface area contributed by atoms with E-state index in [1.165, 1.54) is 76.2 Å². The standard InChI is InChI=1S/C26H42O/c1-4-6-7-8-21-9-18-26(20(3)19-21)24-12-10-22(11-13-24)23-14-16-25(17-15-23)27-5-2/h14-17,20-22,24,26H,4-13,18-19H2,1-3H3. The molecule has 0 bridgehead atoms. The maximum Gasteiger partial charge on any atom is 0.119 e. The molecule has 3 rings (SSSR count). The summed E-state index contributed by atoms with van der Waals surface area (Å²) in [5.41, 5.74) is 1.53. The molecule has 2 saturated carbocycles. The van der Waals surface area contributed by atoms with Crippen LogP contribution in [0.5, 0.6) is 5.75 Å². The van der Waals surface area contributed by atoms with Gasteiger partial charge in [0.05, 0.1) is 6.61 Å². The molecule has 0 heterocycles. The first-order valence-corrected chi connectivity index (χ1v) is 11.9. The van der Waals surface area contributed by atoms with Crippen molar-refractivity contribution in [1.29, 1.82) is 0 Å². The third-order valence-electron chi connectivity index (χ3n) is 7.60. The Bertz CT molecular complexity index is 526. The SMILES string of the molecule is CCCCCC1CCC(C2CCC(c3ccc(OCC)cc3)CC2)C(C)C1. The van der Waals surface area contributed by atoms with E-state index in [0.29, 0.717) is 0 Å². The van der Waals surface area contributed by atoms with E-state index in [1.54, 1.807) is 0 Å². The van der Waals surface area contributed by atoms with Crippen molar-refractivity contribution in [2.24, 2.45) is 23.7 Å². The highest BCUT2D eigenvalue weighted by Crippen LogP contribution is 2.46. The molecule has 3 atom stereocenters. The minimum absolute atomic E-state index is 0.753. The highest BCUT2D eigenvalue weighted by atomic mass is 16.5. The molecule has 0 radical (unpaired) electrons. The topological polar surface area (TPSA) is 9.23 Å². The molecule has 152 valence electrons. The van der Waals surface area contributed by atoms with E-state index in [0.717, 1.165) is 41.9 Å². The zero-order chi connectivity index (χ0) is 19.1. The van der Waals surface area contributed by atoms with Crippen LogP contribution in [0.4, 0.5) is 0 Å². The molecule has 0 saturated heterocycles. The maximum absolute atomic E-state index is 5.60. The summed E-state index contributed by atoms with van der Waals surface area (Å²) in [6, 6.07) is 8.93. The molecule has 0 aromatic heterocycles. The molecule has 27 heavy (non-hydrogen) atoms. The van der Waals surface area contributed by atoms with Gasteiger partial charge in [-0.25, -0.2) is 0 Å². The van der Waals surface area contributed by atoms with Crippen LogP contribution >= 0.6 is 0 Å². The van der Waals surface area contributed by atoms with Crippen molar-refractivity contribution in [3.8, 4) is 5.75 Å². The van der Waals surface area contributed by atoms with Gasteiger partial charge in [-0.3, -0.25) is 0 Å². The van der Waals surface area contributed by atoms with Gasteiger partial charge in [-0.1, -0.05) is 58.1 Å². The fourth-order valence-electron chi connectivity index (χ4n) is 6.06. The highest BCUT2D eigenvalue weighted by Gasteiger charge is 2.35. The second-order valence-electron chi connectivity index (χ2n) is 9.43. The van der Waals surface area contributed by atoms with Gasteiger partial charge in [-0.2, -0.15) is 0 Å². The summed E-state index contributed by atoms with van der Waals surface area (Å²) < 4.78 is 5.60. The maximum atomic E-state index is 5.60. The lowest BCUT2D eigenvalue weighted by atomic mass is 9.64. The van der Waals surface area contributed by atoms with Crippen molar-refractivity contribution < 1.29 is 4.74 Å². The van der Waals surface area contributed by atoms with Crippen LogP contribution in [0.3, 0.4) is 0 Å². The Kier molecular flexibility index (Phi) is 8.09. The minimum Gasteiger partial charge on any atom is -0.494 e. The molecule has 1 aromatic rings. The van der Waals surface area contributed by atoms with Crippen LogP contribution in [-0.4, -0.2) is 6.61 Å². The molecule has 2 fully saturated rings. The van der Waals surface area contributed by atoms with Gasteiger partial charge in [-0.15, -0.1) is 0 Å². The van der Waals surface area contributed by atoms with Crippen molar-refractivity contribution in [2.75, 3.05) is 6.61 Å². The first kappa shape index (κ1) is 20.7. The van der Waals surface area contributed by atoms with Crippen LogP contribution in [0.15, 0.2) is 24.3 Å². The van der Waals surface area contributed by atoms with Crippen molar-refractivity contribution in [3.63, 3.8) is 0 Å².